The summed E-state index contributed by atoms with van der Waals surface area (Å²) >= 11 is 19.2. The average molecular weight is 599 g/mol. The van der Waals surface area contributed by atoms with Crippen molar-refractivity contribution in [1.29, 1.82) is 0 Å². The topological polar surface area (TPSA) is 73.9 Å². The summed E-state index contributed by atoms with van der Waals surface area (Å²) in [6.45, 7) is 6.03. The van der Waals surface area contributed by atoms with E-state index in [1.807, 2.05) is 25.1 Å². The Kier molecular flexibility index (Phi) is 8.13. The number of hydrogen-bond acceptors (Lipinski definition) is 6. The maximum atomic E-state index is 13.7. The number of esters is 1. The van der Waals surface area contributed by atoms with Gasteiger partial charge < -0.3 is 19.5 Å². The zero-order chi connectivity index (χ0) is 28.6. The number of Topliss-reactive ketones (excluding diaryl/α,β-unsaturated/α-hetero) is 1. The number of dihydropyridines is 1. The monoisotopic (exact) mass is 597 g/mol. The van der Waals surface area contributed by atoms with Gasteiger partial charge in [0.1, 0.15) is 6.61 Å². The fourth-order valence-corrected chi connectivity index (χ4v) is 5.82. The lowest BCUT2D eigenvalue weighted by Gasteiger charge is -2.30. The molecule has 1 aliphatic heterocycles. The van der Waals surface area contributed by atoms with Crippen LogP contribution in [0.1, 0.15) is 53.7 Å². The van der Waals surface area contributed by atoms with Gasteiger partial charge in [-0.1, -0.05) is 65.1 Å². The zero-order valence-electron chi connectivity index (χ0n) is 22.1. The molecule has 0 fully saturated rings. The molecule has 3 aromatic carbocycles. The number of ketones is 1. The molecule has 0 unspecified atom stereocenters. The molecule has 206 valence electrons. The van der Waals surface area contributed by atoms with E-state index in [9.17, 15) is 9.59 Å². The van der Waals surface area contributed by atoms with Crippen LogP contribution in [0.5, 0.6) is 11.5 Å². The third-order valence-electron chi connectivity index (χ3n) is 6.80. The summed E-state index contributed by atoms with van der Waals surface area (Å²) in [6.07, 6.45) is 0. The van der Waals surface area contributed by atoms with Crippen LogP contribution in [0.25, 0.3) is 5.70 Å². The predicted molar refractivity (Wildman–Crippen MR) is 156 cm³/mol. The maximum absolute atomic E-state index is 13.7. The Morgan fingerprint density at radius 2 is 1.68 bits per heavy atom. The maximum Gasteiger partial charge on any atom is 0.336 e. The van der Waals surface area contributed by atoms with Gasteiger partial charge in [-0.2, -0.15) is 0 Å². The van der Waals surface area contributed by atoms with E-state index in [1.54, 1.807) is 50.2 Å². The SMILES string of the molecule is CCOC(=O)C1=C(C)NC2=C(C(=O)c3ccccc32)[C@@H]1c1cc(Cl)c(OCc2ccc(Cl)cc2Cl)c(OCC)c1. The lowest BCUT2D eigenvalue weighted by molar-refractivity contribution is -0.138. The van der Waals surface area contributed by atoms with Gasteiger partial charge in [0.25, 0.3) is 0 Å². The number of halogens is 3. The Balaban J connectivity index is 1.61. The Hall–Kier alpha value is -3.45. The average Bonchev–Trinajstić information content (AvgIpc) is 3.20. The molecule has 40 heavy (non-hydrogen) atoms. The van der Waals surface area contributed by atoms with Crippen LogP contribution >= 0.6 is 34.8 Å². The molecule has 0 amide bonds. The highest BCUT2D eigenvalue weighted by molar-refractivity contribution is 6.35. The van der Waals surface area contributed by atoms with E-state index in [4.69, 9.17) is 49.0 Å². The summed E-state index contributed by atoms with van der Waals surface area (Å²) in [5.41, 5.74) is 4.73. The Morgan fingerprint density at radius 1 is 0.925 bits per heavy atom. The fourth-order valence-electron chi connectivity index (χ4n) is 5.09. The van der Waals surface area contributed by atoms with Crippen molar-refractivity contribution in [3.05, 3.63) is 109 Å². The molecule has 1 atom stereocenters. The molecular formula is C31H26Cl3NO5. The minimum Gasteiger partial charge on any atom is -0.490 e. The Morgan fingerprint density at radius 3 is 2.38 bits per heavy atom. The lowest BCUT2D eigenvalue weighted by atomic mass is 9.79. The van der Waals surface area contributed by atoms with Crippen LogP contribution < -0.4 is 14.8 Å². The van der Waals surface area contributed by atoms with E-state index in [-0.39, 0.29) is 24.0 Å². The van der Waals surface area contributed by atoms with Gasteiger partial charge in [0.2, 0.25) is 0 Å². The van der Waals surface area contributed by atoms with E-state index in [0.717, 1.165) is 11.1 Å². The molecule has 0 saturated carbocycles. The zero-order valence-corrected chi connectivity index (χ0v) is 24.3. The van der Waals surface area contributed by atoms with Crippen LogP contribution in [0.2, 0.25) is 15.1 Å². The number of ether oxygens (including phenoxy) is 3. The van der Waals surface area contributed by atoms with Crippen LogP contribution in [-0.4, -0.2) is 25.0 Å². The van der Waals surface area contributed by atoms with E-state index in [0.29, 0.717) is 61.8 Å². The summed E-state index contributed by atoms with van der Waals surface area (Å²) in [6, 6.07) is 16.0. The molecule has 3 aromatic rings. The van der Waals surface area contributed by atoms with E-state index >= 15 is 0 Å². The van der Waals surface area contributed by atoms with Gasteiger partial charge in [0, 0.05) is 43.9 Å². The molecule has 5 rings (SSSR count). The number of carbonyl (C=O) groups is 2. The number of benzene rings is 3. The van der Waals surface area contributed by atoms with E-state index < -0.39 is 11.9 Å². The first kappa shape index (κ1) is 28.1. The molecule has 9 heteroatoms. The minimum atomic E-state index is -0.744. The summed E-state index contributed by atoms with van der Waals surface area (Å²) < 4.78 is 17.4. The molecule has 0 aromatic heterocycles. The van der Waals surface area contributed by atoms with Crippen LogP contribution in [0.3, 0.4) is 0 Å². The van der Waals surface area contributed by atoms with Crippen molar-refractivity contribution in [3.8, 4) is 11.5 Å². The standard InChI is InChI=1S/C31H26Cl3NO5/c1-4-38-24-13-18(12-23(34)30(24)40-15-17-10-11-19(32)14-22(17)33)26-25(31(37)39-5-2)16(3)35-28-20-8-6-7-9-21(20)29(36)27(26)28/h6-14,26,35H,4-5,15H2,1-3H3/t26-/m1/s1. The van der Waals surface area contributed by atoms with Crippen molar-refractivity contribution in [2.75, 3.05) is 13.2 Å². The third-order valence-corrected chi connectivity index (χ3v) is 7.66. The van der Waals surface area contributed by atoms with Crippen LogP contribution in [0.4, 0.5) is 0 Å². The van der Waals surface area contributed by atoms with Crippen LogP contribution in [0, 0.1) is 0 Å². The predicted octanol–water partition coefficient (Wildman–Crippen LogP) is 7.76. The summed E-state index contributed by atoms with van der Waals surface area (Å²) in [5.74, 6) is -0.726. The summed E-state index contributed by atoms with van der Waals surface area (Å²) in [5, 5.41) is 4.54. The van der Waals surface area contributed by atoms with Gasteiger partial charge in [0.05, 0.1) is 29.5 Å². The number of hydrogen-bond donors (Lipinski definition) is 1. The van der Waals surface area contributed by atoms with Crippen molar-refractivity contribution < 1.29 is 23.8 Å². The normalized spacial score (nSPS) is 15.9. The molecule has 6 nitrogen and oxygen atoms in total. The second-order valence-electron chi connectivity index (χ2n) is 9.27. The molecule has 1 heterocycles. The number of allylic oxidation sites excluding steroid dienone is 2. The molecule has 1 aliphatic carbocycles. The number of rotatable bonds is 8. The van der Waals surface area contributed by atoms with Crippen molar-refractivity contribution in [3.63, 3.8) is 0 Å². The first-order valence-corrected chi connectivity index (χ1v) is 13.9. The lowest BCUT2D eigenvalue weighted by Crippen LogP contribution is -2.29. The fraction of sp³-hybridized carbons (Fsp3) is 0.226. The van der Waals surface area contributed by atoms with Gasteiger partial charge in [-0.25, -0.2) is 4.79 Å². The van der Waals surface area contributed by atoms with Crippen molar-refractivity contribution >= 4 is 52.3 Å². The van der Waals surface area contributed by atoms with Crippen molar-refractivity contribution in [1.82, 2.24) is 5.32 Å². The second kappa shape index (κ2) is 11.6. The number of fused-ring (bicyclic) bond motifs is 2. The van der Waals surface area contributed by atoms with Gasteiger partial charge in [0.15, 0.2) is 17.3 Å². The molecule has 0 bridgehead atoms. The van der Waals surface area contributed by atoms with Crippen molar-refractivity contribution in [2.24, 2.45) is 0 Å². The molecular weight excluding hydrogens is 573 g/mol. The Bertz CT molecular complexity index is 1590. The number of nitrogens with one attached hydrogen (secondary N) is 1. The second-order valence-corrected chi connectivity index (χ2v) is 10.5. The third kappa shape index (κ3) is 5.07. The van der Waals surface area contributed by atoms with Gasteiger partial charge in [-0.05, 0) is 50.6 Å². The molecule has 0 saturated heterocycles. The highest BCUT2D eigenvalue weighted by atomic mass is 35.5. The van der Waals surface area contributed by atoms with Gasteiger partial charge in [-0.3, -0.25) is 4.79 Å². The first-order valence-electron chi connectivity index (χ1n) is 12.8. The molecule has 2 aliphatic rings. The summed E-state index contributed by atoms with van der Waals surface area (Å²) in [7, 11) is 0. The largest absolute Gasteiger partial charge is 0.490 e. The highest BCUT2D eigenvalue weighted by Crippen LogP contribution is 2.49. The molecule has 1 N–H and O–H groups in total. The molecule has 0 radical (unpaired) electrons. The van der Waals surface area contributed by atoms with Crippen molar-refractivity contribution in [2.45, 2.75) is 33.3 Å². The highest BCUT2D eigenvalue weighted by Gasteiger charge is 2.43. The summed E-state index contributed by atoms with van der Waals surface area (Å²) in [4.78, 5) is 27.0. The minimum absolute atomic E-state index is 0.124. The van der Waals surface area contributed by atoms with Crippen LogP contribution in [0.15, 0.2) is 71.4 Å². The quantitative estimate of drug-likeness (QED) is 0.267. The Labute approximate surface area is 247 Å². The van der Waals surface area contributed by atoms with E-state index in [2.05, 4.69) is 5.32 Å². The van der Waals surface area contributed by atoms with Crippen LogP contribution in [-0.2, 0) is 16.1 Å². The van der Waals surface area contributed by atoms with Gasteiger partial charge in [-0.15, -0.1) is 0 Å². The number of carbonyl (C=O) groups excluding carboxylic acids is 2. The first-order chi connectivity index (χ1) is 19.2. The van der Waals surface area contributed by atoms with Gasteiger partial charge >= 0.3 is 5.97 Å². The molecule has 0 spiro atoms. The van der Waals surface area contributed by atoms with E-state index in [1.165, 1.54) is 0 Å². The smallest absolute Gasteiger partial charge is 0.336 e.